The van der Waals surface area contributed by atoms with Gasteiger partial charge in [-0.3, -0.25) is 4.98 Å². The van der Waals surface area contributed by atoms with Crippen LogP contribution in [0.4, 0.5) is 0 Å². The summed E-state index contributed by atoms with van der Waals surface area (Å²) in [6.45, 7) is 8.37. The Hall–Kier alpha value is -4.96. The first kappa shape index (κ1) is 31.0. The van der Waals surface area contributed by atoms with E-state index in [0.717, 1.165) is 61.0 Å². The third-order valence-corrected chi connectivity index (χ3v) is 8.19. The van der Waals surface area contributed by atoms with Crippen LogP contribution in [0.1, 0.15) is 22.3 Å². The Morgan fingerprint density at radius 3 is 2.26 bits per heavy atom. The van der Waals surface area contributed by atoms with E-state index in [1.807, 2.05) is 48.9 Å². The fourth-order valence-corrected chi connectivity index (χ4v) is 5.68. The van der Waals surface area contributed by atoms with Crippen LogP contribution in [0, 0.1) is 39.8 Å². The van der Waals surface area contributed by atoms with Gasteiger partial charge >= 0.3 is 0 Å². The first-order valence-electron chi connectivity index (χ1n) is 15.0. The summed E-state index contributed by atoms with van der Waals surface area (Å²) < 4.78 is 6.52. The van der Waals surface area contributed by atoms with Gasteiger partial charge in [0.1, 0.15) is 5.58 Å². The third kappa shape index (κ3) is 6.00. The largest absolute Gasteiger partial charge is 0.500 e. The van der Waals surface area contributed by atoms with Crippen molar-refractivity contribution >= 4 is 32.7 Å². The van der Waals surface area contributed by atoms with Gasteiger partial charge in [0.25, 0.3) is 0 Å². The number of fused-ring (bicyclic) bond motifs is 4. The number of aryl methyl sites for hydroxylation is 4. The Balaban J connectivity index is 0.000000197. The van der Waals surface area contributed by atoms with Gasteiger partial charge in [-0.25, -0.2) is 0 Å². The van der Waals surface area contributed by atoms with Crippen molar-refractivity contribution in [1.29, 1.82) is 0 Å². The van der Waals surface area contributed by atoms with Gasteiger partial charge in [-0.05, 0) is 66.4 Å². The third-order valence-electron chi connectivity index (χ3n) is 8.19. The molecule has 0 saturated carbocycles. The number of nitrogens with zero attached hydrogens (tertiary/aromatic N) is 3. The Morgan fingerprint density at radius 2 is 1.48 bits per heavy atom. The molecule has 4 aromatic carbocycles. The van der Waals surface area contributed by atoms with Gasteiger partial charge in [0.15, 0.2) is 0 Å². The predicted octanol–water partition coefficient (Wildman–Crippen LogP) is 10.4. The number of aromatic nitrogens is 3. The van der Waals surface area contributed by atoms with Gasteiger partial charge in [-0.2, -0.15) is 0 Å². The molecule has 5 heteroatoms. The SMILES string of the molecule is Cc1c[c-]c(-c2cc(C)c(C)cn2)cc1.Cc1cc(-c2cccc3c2oc2c(-c4ccccn4)[c-]ccc23)c2cnccc2c1.[Ir]. The van der Waals surface area contributed by atoms with E-state index < -0.39 is 0 Å². The van der Waals surface area contributed by atoms with Gasteiger partial charge in [0.2, 0.25) is 0 Å². The quantitative estimate of drug-likeness (QED) is 0.168. The van der Waals surface area contributed by atoms with Crippen molar-refractivity contribution in [2.45, 2.75) is 27.7 Å². The number of rotatable bonds is 3. The predicted molar refractivity (Wildman–Crippen MR) is 184 cm³/mol. The molecule has 8 aromatic rings. The van der Waals surface area contributed by atoms with E-state index in [1.165, 1.54) is 27.6 Å². The zero-order valence-corrected chi connectivity index (χ0v) is 28.4. The minimum atomic E-state index is 0. The van der Waals surface area contributed by atoms with E-state index in [0.29, 0.717) is 0 Å². The van der Waals surface area contributed by atoms with Crippen LogP contribution in [0.25, 0.3) is 66.4 Å². The Labute approximate surface area is 282 Å². The smallest absolute Gasteiger partial charge is 0.128 e. The minimum absolute atomic E-state index is 0. The van der Waals surface area contributed by atoms with E-state index in [1.54, 1.807) is 6.20 Å². The maximum Gasteiger partial charge on any atom is 0.128 e. The van der Waals surface area contributed by atoms with Crippen molar-refractivity contribution in [2.24, 2.45) is 0 Å². The molecule has 0 aliphatic heterocycles. The molecule has 0 aliphatic rings. The summed E-state index contributed by atoms with van der Waals surface area (Å²) in [5, 5.41) is 4.46. The molecule has 0 fully saturated rings. The Bertz CT molecular complexity index is 2310. The second-order valence-corrected chi connectivity index (χ2v) is 11.4. The summed E-state index contributed by atoms with van der Waals surface area (Å²) in [5.74, 6) is 0. The molecule has 0 bridgehead atoms. The molecule has 0 N–H and O–H groups in total. The molecule has 0 unspecified atom stereocenters. The number of para-hydroxylation sites is 1. The summed E-state index contributed by atoms with van der Waals surface area (Å²) in [5.41, 5.74) is 12.6. The molecule has 0 spiro atoms. The van der Waals surface area contributed by atoms with Crippen LogP contribution in [-0.2, 0) is 20.1 Å². The molecule has 4 nitrogen and oxygen atoms in total. The number of hydrogen-bond donors (Lipinski definition) is 0. The first-order valence-corrected chi connectivity index (χ1v) is 15.0. The van der Waals surface area contributed by atoms with Gasteiger partial charge in [0.05, 0.1) is 5.58 Å². The van der Waals surface area contributed by atoms with Crippen LogP contribution < -0.4 is 0 Å². The van der Waals surface area contributed by atoms with Crippen molar-refractivity contribution < 1.29 is 24.5 Å². The van der Waals surface area contributed by atoms with E-state index in [9.17, 15) is 0 Å². The molecule has 0 amide bonds. The molecule has 1 radical (unpaired) electrons. The standard InChI is InChI=1S/C27H17N2O.C14H14N.Ir/c1-17-14-18-11-13-28-16-24(18)23(15-17)21-8-4-6-19-20-7-5-9-22(27(20)30-26(19)21)25-10-2-3-12-29-25;1-10-4-6-13(7-5-10)14-8-11(2)12(3)9-15-14;/h2-8,10-16H,1H3;4-6,8-9H,1-3H3;/q2*-1;. The van der Waals surface area contributed by atoms with Crippen molar-refractivity contribution in [3.8, 4) is 33.6 Å². The van der Waals surface area contributed by atoms with Gasteiger partial charge < -0.3 is 14.4 Å². The van der Waals surface area contributed by atoms with Crippen molar-refractivity contribution in [3.05, 3.63) is 150 Å². The van der Waals surface area contributed by atoms with Crippen LogP contribution in [-0.4, -0.2) is 15.0 Å². The van der Waals surface area contributed by atoms with E-state index in [2.05, 4.69) is 115 Å². The second kappa shape index (κ2) is 13.2. The van der Waals surface area contributed by atoms with Gasteiger partial charge in [-0.1, -0.05) is 72.0 Å². The topological polar surface area (TPSA) is 51.8 Å². The van der Waals surface area contributed by atoms with E-state index in [4.69, 9.17) is 4.42 Å². The minimum Gasteiger partial charge on any atom is -0.500 e. The fraction of sp³-hybridized carbons (Fsp3) is 0.0976. The Morgan fingerprint density at radius 1 is 0.609 bits per heavy atom. The summed E-state index contributed by atoms with van der Waals surface area (Å²) in [4.78, 5) is 13.3. The van der Waals surface area contributed by atoms with Crippen molar-refractivity contribution in [2.75, 3.05) is 0 Å². The van der Waals surface area contributed by atoms with E-state index in [-0.39, 0.29) is 20.1 Å². The van der Waals surface area contributed by atoms with E-state index >= 15 is 0 Å². The molecule has 0 atom stereocenters. The van der Waals surface area contributed by atoms with Crippen LogP contribution in [0.3, 0.4) is 0 Å². The molecule has 0 saturated heterocycles. The maximum absolute atomic E-state index is 6.52. The number of pyridine rings is 3. The maximum atomic E-state index is 6.52. The summed E-state index contributed by atoms with van der Waals surface area (Å²) >= 11 is 0. The first-order chi connectivity index (χ1) is 22.0. The average Bonchev–Trinajstić information content (AvgIpc) is 3.46. The molecule has 4 heterocycles. The molecule has 46 heavy (non-hydrogen) atoms. The Kier molecular flexibility index (Phi) is 8.89. The summed E-state index contributed by atoms with van der Waals surface area (Å²) in [6, 6.07) is 37.5. The zero-order valence-electron chi connectivity index (χ0n) is 26.1. The molecule has 0 aliphatic carbocycles. The van der Waals surface area contributed by atoms with Crippen molar-refractivity contribution in [3.63, 3.8) is 0 Å². The summed E-state index contributed by atoms with van der Waals surface area (Å²) in [6.07, 6.45) is 7.47. The normalized spacial score (nSPS) is 10.9. The molecule has 4 aromatic heterocycles. The van der Waals surface area contributed by atoms with Gasteiger partial charge in [0, 0.05) is 61.2 Å². The number of benzene rings is 4. The van der Waals surface area contributed by atoms with Crippen LogP contribution in [0.5, 0.6) is 0 Å². The second-order valence-electron chi connectivity index (χ2n) is 11.4. The number of furan rings is 1. The average molecular weight is 774 g/mol. The van der Waals surface area contributed by atoms with Crippen LogP contribution >= 0.6 is 0 Å². The number of hydrogen-bond acceptors (Lipinski definition) is 4. The van der Waals surface area contributed by atoms with Crippen molar-refractivity contribution in [1.82, 2.24) is 15.0 Å². The molecule has 8 rings (SSSR count). The van der Waals surface area contributed by atoms with Gasteiger partial charge in [-0.15, -0.1) is 53.6 Å². The van der Waals surface area contributed by atoms with Crippen LogP contribution in [0.2, 0.25) is 0 Å². The summed E-state index contributed by atoms with van der Waals surface area (Å²) in [7, 11) is 0. The zero-order chi connectivity index (χ0) is 30.9. The van der Waals surface area contributed by atoms with Crippen LogP contribution in [0.15, 0.2) is 120 Å². The monoisotopic (exact) mass is 774 g/mol. The molecular weight excluding hydrogens is 743 g/mol. The molecular formula is C41H31IrN3O-2. The fourth-order valence-electron chi connectivity index (χ4n) is 5.68. The molecule has 227 valence electrons.